The minimum Gasteiger partial charge on any atom is -0.505 e. The van der Waals surface area contributed by atoms with E-state index in [4.69, 9.17) is 16.3 Å². The molecule has 0 spiro atoms. The van der Waals surface area contributed by atoms with Gasteiger partial charge in [0.1, 0.15) is 0 Å². The minimum atomic E-state index is -3.36. The van der Waals surface area contributed by atoms with Gasteiger partial charge in [0, 0.05) is 16.7 Å². The van der Waals surface area contributed by atoms with Gasteiger partial charge in [0.15, 0.2) is 21.3 Å². The molecule has 7 nitrogen and oxygen atoms in total. The van der Waals surface area contributed by atoms with E-state index < -0.39 is 27.1 Å². The van der Waals surface area contributed by atoms with Crippen molar-refractivity contribution in [1.82, 2.24) is 4.57 Å². The Hall–Kier alpha value is -2.84. The molecule has 3 aromatic rings. The first kappa shape index (κ1) is 19.9. The Bertz CT molecular complexity index is 1250. The molecule has 28 heavy (non-hydrogen) atoms. The molecule has 0 aliphatic rings. The van der Waals surface area contributed by atoms with E-state index in [-0.39, 0.29) is 27.9 Å². The zero-order valence-electron chi connectivity index (χ0n) is 15.0. The third kappa shape index (κ3) is 3.61. The number of nitrogens with zero attached hydrogens (tertiary/aromatic N) is 1. The Morgan fingerprint density at radius 3 is 2.36 bits per heavy atom. The highest BCUT2D eigenvalue weighted by molar-refractivity contribution is 7.90. The number of fused-ring (bicyclic) bond motifs is 1. The Morgan fingerprint density at radius 2 is 1.79 bits per heavy atom. The monoisotopic (exact) mass is 421 g/mol. The van der Waals surface area contributed by atoms with Gasteiger partial charge in [-0.1, -0.05) is 23.7 Å². The van der Waals surface area contributed by atoms with E-state index in [2.05, 4.69) is 0 Å². The zero-order chi connectivity index (χ0) is 20.6. The SMILES string of the molecule is COC(=O)c1c(O)c2cc(Cl)ccc2c(=O)n1Cc1ccc(S(C)(=O)=O)cc1. The maximum absolute atomic E-state index is 13.0. The molecule has 0 aliphatic carbocycles. The number of esters is 1. The average molecular weight is 422 g/mol. The number of halogens is 1. The van der Waals surface area contributed by atoms with Crippen LogP contribution in [0.4, 0.5) is 0 Å². The lowest BCUT2D eigenvalue weighted by atomic mass is 10.1. The molecule has 0 fully saturated rings. The summed E-state index contributed by atoms with van der Waals surface area (Å²) < 4.78 is 29.0. The van der Waals surface area contributed by atoms with Gasteiger partial charge in [-0.2, -0.15) is 0 Å². The molecule has 0 saturated heterocycles. The first-order valence-corrected chi connectivity index (χ1v) is 10.3. The van der Waals surface area contributed by atoms with Crippen molar-refractivity contribution in [1.29, 1.82) is 0 Å². The number of carbonyl (C=O) groups excluding carboxylic acids is 1. The van der Waals surface area contributed by atoms with Gasteiger partial charge in [-0.05, 0) is 35.9 Å². The molecule has 0 amide bonds. The number of carbonyl (C=O) groups is 1. The van der Waals surface area contributed by atoms with E-state index >= 15 is 0 Å². The fourth-order valence-corrected chi connectivity index (χ4v) is 3.68. The fourth-order valence-electron chi connectivity index (χ4n) is 2.88. The average Bonchev–Trinajstić information content (AvgIpc) is 2.65. The molecule has 0 atom stereocenters. The highest BCUT2D eigenvalue weighted by Gasteiger charge is 2.23. The molecule has 0 aliphatic heterocycles. The molecule has 2 aromatic carbocycles. The summed E-state index contributed by atoms with van der Waals surface area (Å²) in [6.07, 6.45) is 1.09. The van der Waals surface area contributed by atoms with Crippen LogP contribution in [-0.4, -0.2) is 37.4 Å². The van der Waals surface area contributed by atoms with Crippen LogP contribution in [0.3, 0.4) is 0 Å². The lowest BCUT2D eigenvalue weighted by Crippen LogP contribution is -2.27. The summed E-state index contributed by atoms with van der Waals surface area (Å²) in [6.45, 7) is -0.0700. The van der Waals surface area contributed by atoms with Gasteiger partial charge in [-0.15, -0.1) is 0 Å². The number of hydrogen-bond donors (Lipinski definition) is 1. The number of hydrogen-bond acceptors (Lipinski definition) is 6. The van der Waals surface area contributed by atoms with Gasteiger partial charge >= 0.3 is 5.97 Å². The van der Waals surface area contributed by atoms with Gasteiger partial charge in [0.25, 0.3) is 5.56 Å². The van der Waals surface area contributed by atoms with Crippen molar-refractivity contribution in [3.05, 3.63) is 69.1 Å². The number of sulfone groups is 1. The molecule has 0 unspecified atom stereocenters. The zero-order valence-corrected chi connectivity index (χ0v) is 16.5. The summed E-state index contributed by atoms with van der Waals surface area (Å²) in [5.74, 6) is -1.30. The second kappa shape index (κ2) is 7.29. The van der Waals surface area contributed by atoms with Crippen LogP contribution in [0.5, 0.6) is 5.75 Å². The van der Waals surface area contributed by atoms with E-state index in [9.17, 15) is 23.1 Å². The van der Waals surface area contributed by atoms with E-state index in [1.54, 1.807) is 0 Å². The van der Waals surface area contributed by atoms with Crippen LogP contribution in [0, 0.1) is 0 Å². The largest absolute Gasteiger partial charge is 0.505 e. The van der Waals surface area contributed by atoms with Crippen LogP contribution in [0.15, 0.2) is 52.2 Å². The molecule has 146 valence electrons. The van der Waals surface area contributed by atoms with Gasteiger partial charge in [0.05, 0.1) is 23.9 Å². The van der Waals surface area contributed by atoms with Gasteiger partial charge in [-0.3, -0.25) is 9.36 Å². The quantitative estimate of drug-likeness (QED) is 0.649. The first-order chi connectivity index (χ1) is 13.1. The summed E-state index contributed by atoms with van der Waals surface area (Å²) in [5.41, 5.74) is -0.265. The Labute approximate surface area is 165 Å². The summed E-state index contributed by atoms with van der Waals surface area (Å²) >= 11 is 5.94. The van der Waals surface area contributed by atoms with E-state index in [0.29, 0.717) is 10.6 Å². The standard InChI is InChI=1S/C19H16ClNO6S/c1-27-19(24)16-17(22)15-9-12(20)5-8-14(15)18(23)21(16)10-11-3-6-13(7-4-11)28(2,25)26/h3-9,22H,10H2,1-2H3. The van der Waals surface area contributed by atoms with Crippen molar-refractivity contribution in [2.75, 3.05) is 13.4 Å². The minimum absolute atomic E-state index is 0.0700. The summed E-state index contributed by atoms with van der Waals surface area (Å²) in [4.78, 5) is 25.4. The van der Waals surface area contributed by atoms with E-state index in [0.717, 1.165) is 17.9 Å². The van der Waals surface area contributed by atoms with Gasteiger partial charge in [0.2, 0.25) is 0 Å². The number of benzene rings is 2. The molecular weight excluding hydrogens is 406 g/mol. The maximum atomic E-state index is 13.0. The van der Waals surface area contributed by atoms with Crippen molar-refractivity contribution in [2.24, 2.45) is 0 Å². The lowest BCUT2D eigenvalue weighted by molar-refractivity contribution is 0.0584. The topological polar surface area (TPSA) is 103 Å². The van der Waals surface area contributed by atoms with Crippen molar-refractivity contribution >= 4 is 38.2 Å². The Balaban J connectivity index is 2.22. The molecular formula is C19H16ClNO6S. The van der Waals surface area contributed by atoms with Crippen LogP contribution < -0.4 is 5.56 Å². The first-order valence-electron chi connectivity index (χ1n) is 8.06. The molecule has 1 N–H and O–H groups in total. The third-order valence-electron chi connectivity index (χ3n) is 4.28. The van der Waals surface area contributed by atoms with E-state index in [1.807, 2.05) is 0 Å². The molecule has 9 heteroatoms. The molecule has 0 bridgehead atoms. The van der Waals surface area contributed by atoms with Crippen LogP contribution in [0.1, 0.15) is 16.1 Å². The van der Waals surface area contributed by atoms with Crippen molar-refractivity contribution in [3.63, 3.8) is 0 Å². The number of pyridine rings is 1. The molecule has 1 heterocycles. The molecule has 1 aromatic heterocycles. The number of aromatic nitrogens is 1. The molecule has 0 radical (unpaired) electrons. The number of aromatic hydroxyl groups is 1. The molecule has 3 rings (SSSR count). The van der Waals surface area contributed by atoms with Crippen molar-refractivity contribution < 1.29 is 23.1 Å². The highest BCUT2D eigenvalue weighted by Crippen LogP contribution is 2.29. The summed E-state index contributed by atoms with van der Waals surface area (Å²) in [5, 5.41) is 11.2. The Morgan fingerprint density at radius 1 is 1.14 bits per heavy atom. The second-order valence-corrected chi connectivity index (χ2v) is 8.64. The summed E-state index contributed by atoms with van der Waals surface area (Å²) in [7, 11) is -2.22. The van der Waals surface area contributed by atoms with E-state index in [1.165, 1.54) is 42.5 Å². The van der Waals surface area contributed by atoms with Crippen molar-refractivity contribution in [3.8, 4) is 5.75 Å². The smallest absolute Gasteiger partial charge is 0.358 e. The van der Waals surface area contributed by atoms with Gasteiger partial charge in [-0.25, -0.2) is 13.2 Å². The van der Waals surface area contributed by atoms with Crippen molar-refractivity contribution in [2.45, 2.75) is 11.4 Å². The van der Waals surface area contributed by atoms with Crippen LogP contribution >= 0.6 is 11.6 Å². The van der Waals surface area contributed by atoms with Crippen LogP contribution in [-0.2, 0) is 21.1 Å². The second-order valence-electron chi connectivity index (χ2n) is 6.19. The maximum Gasteiger partial charge on any atom is 0.358 e. The lowest BCUT2D eigenvalue weighted by Gasteiger charge is -2.15. The third-order valence-corrected chi connectivity index (χ3v) is 5.64. The number of rotatable bonds is 4. The molecule has 0 saturated carbocycles. The predicted molar refractivity (Wildman–Crippen MR) is 105 cm³/mol. The van der Waals surface area contributed by atoms with Crippen LogP contribution in [0.25, 0.3) is 10.8 Å². The number of ether oxygens (including phenoxy) is 1. The number of methoxy groups -OCH3 is 1. The Kier molecular flexibility index (Phi) is 5.18. The highest BCUT2D eigenvalue weighted by atomic mass is 35.5. The fraction of sp³-hybridized carbons (Fsp3) is 0.158. The predicted octanol–water partition coefficient (Wildman–Crippen LogP) is 2.60. The van der Waals surface area contributed by atoms with Gasteiger partial charge < -0.3 is 9.84 Å². The summed E-state index contributed by atoms with van der Waals surface area (Å²) in [6, 6.07) is 10.3. The normalized spacial score (nSPS) is 11.5. The van der Waals surface area contributed by atoms with Crippen LogP contribution in [0.2, 0.25) is 5.02 Å².